The SMILES string of the molecule is CC1(C(=O)N2CCN(S(N)(=O)=O)CC2)CCCNC1.Cl. The molecule has 0 aliphatic carbocycles. The summed E-state index contributed by atoms with van der Waals surface area (Å²) in [6.07, 6.45) is 1.88. The van der Waals surface area contributed by atoms with E-state index in [1.165, 1.54) is 4.31 Å². The van der Waals surface area contributed by atoms with Gasteiger partial charge in [0, 0.05) is 32.7 Å². The van der Waals surface area contributed by atoms with Gasteiger partial charge in [0.05, 0.1) is 5.41 Å². The fourth-order valence-electron chi connectivity index (χ4n) is 2.77. The highest BCUT2D eigenvalue weighted by Crippen LogP contribution is 2.28. The molecule has 1 amide bonds. The Balaban J connectivity index is 0.00000200. The minimum absolute atomic E-state index is 0. The standard InChI is InChI=1S/C11H22N4O3S.ClH/c1-11(3-2-4-13-9-11)10(16)14-5-7-15(8-6-14)19(12,17)18;/h13H,2-9H2,1H3,(H2,12,17,18);1H. The van der Waals surface area contributed by atoms with Crippen molar-refractivity contribution in [2.75, 3.05) is 39.3 Å². The van der Waals surface area contributed by atoms with Crippen LogP contribution in [0, 0.1) is 5.41 Å². The quantitative estimate of drug-likeness (QED) is 0.690. The van der Waals surface area contributed by atoms with Gasteiger partial charge in [0.15, 0.2) is 0 Å². The Kier molecular flexibility index (Phi) is 5.79. The van der Waals surface area contributed by atoms with Gasteiger partial charge in [-0.05, 0) is 26.3 Å². The van der Waals surface area contributed by atoms with E-state index < -0.39 is 10.2 Å². The molecule has 9 heteroatoms. The summed E-state index contributed by atoms with van der Waals surface area (Å²) in [5.41, 5.74) is -0.359. The molecule has 3 N–H and O–H groups in total. The van der Waals surface area contributed by atoms with Crippen molar-refractivity contribution in [2.24, 2.45) is 10.6 Å². The van der Waals surface area contributed by atoms with E-state index in [9.17, 15) is 13.2 Å². The number of rotatable bonds is 2. The second-order valence-corrected chi connectivity index (χ2v) is 7.12. The highest BCUT2D eigenvalue weighted by molar-refractivity contribution is 7.86. The molecule has 2 rings (SSSR count). The van der Waals surface area contributed by atoms with Gasteiger partial charge in [0.25, 0.3) is 10.2 Å². The lowest BCUT2D eigenvalue weighted by Gasteiger charge is -2.40. The fourth-order valence-corrected chi connectivity index (χ4v) is 3.44. The molecule has 0 aromatic carbocycles. The van der Waals surface area contributed by atoms with Crippen LogP contribution in [0.15, 0.2) is 0 Å². The van der Waals surface area contributed by atoms with E-state index in [2.05, 4.69) is 5.32 Å². The summed E-state index contributed by atoms with van der Waals surface area (Å²) in [5.74, 6) is 0.119. The maximum absolute atomic E-state index is 12.5. The summed E-state index contributed by atoms with van der Waals surface area (Å²) in [5, 5.41) is 8.34. The summed E-state index contributed by atoms with van der Waals surface area (Å²) in [7, 11) is -3.63. The first kappa shape index (κ1) is 17.6. The molecular formula is C11H23ClN4O3S. The van der Waals surface area contributed by atoms with Crippen LogP contribution in [0.1, 0.15) is 19.8 Å². The predicted octanol–water partition coefficient (Wildman–Crippen LogP) is -0.854. The Morgan fingerprint density at radius 1 is 1.25 bits per heavy atom. The molecule has 0 aromatic heterocycles. The van der Waals surface area contributed by atoms with E-state index in [4.69, 9.17) is 5.14 Å². The lowest BCUT2D eigenvalue weighted by molar-refractivity contribution is -0.143. The van der Waals surface area contributed by atoms with Crippen molar-refractivity contribution in [2.45, 2.75) is 19.8 Å². The molecule has 2 fully saturated rings. The minimum atomic E-state index is -3.63. The van der Waals surface area contributed by atoms with E-state index in [1.807, 2.05) is 6.92 Å². The Morgan fingerprint density at radius 2 is 1.85 bits per heavy atom. The molecule has 0 radical (unpaired) electrons. The summed E-state index contributed by atoms with van der Waals surface area (Å²) in [4.78, 5) is 14.3. The van der Waals surface area contributed by atoms with Crippen LogP contribution < -0.4 is 10.5 Å². The van der Waals surface area contributed by atoms with Crippen LogP contribution in [0.25, 0.3) is 0 Å². The van der Waals surface area contributed by atoms with Gasteiger partial charge in [-0.15, -0.1) is 12.4 Å². The Bertz CT molecular complexity index is 443. The van der Waals surface area contributed by atoms with Crippen LogP contribution in [0.2, 0.25) is 0 Å². The molecule has 2 aliphatic heterocycles. The molecule has 7 nitrogen and oxygen atoms in total. The molecule has 0 spiro atoms. The summed E-state index contributed by atoms with van der Waals surface area (Å²) in [6.45, 7) is 5.05. The Morgan fingerprint density at radius 3 is 2.30 bits per heavy atom. The van der Waals surface area contributed by atoms with E-state index in [1.54, 1.807) is 4.90 Å². The van der Waals surface area contributed by atoms with Crippen molar-refractivity contribution >= 4 is 28.5 Å². The van der Waals surface area contributed by atoms with Crippen molar-refractivity contribution < 1.29 is 13.2 Å². The molecule has 118 valence electrons. The van der Waals surface area contributed by atoms with Crippen LogP contribution in [0.5, 0.6) is 0 Å². The van der Waals surface area contributed by atoms with Gasteiger partial charge < -0.3 is 10.2 Å². The maximum Gasteiger partial charge on any atom is 0.277 e. The zero-order valence-corrected chi connectivity index (χ0v) is 13.3. The Labute approximate surface area is 126 Å². The monoisotopic (exact) mass is 326 g/mol. The normalized spacial score (nSPS) is 28.8. The number of hydrogen-bond donors (Lipinski definition) is 2. The van der Waals surface area contributed by atoms with Crippen LogP contribution in [0.4, 0.5) is 0 Å². The van der Waals surface area contributed by atoms with Crippen molar-refractivity contribution in [3.8, 4) is 0 Å². The lowest BCUT2D eigenvalue weighted by Crippen LogP contribution is -2.57. The van der Waals surface area contributed by atoms with E-state index in [0.29, 0.717) is 19.6 Å². The van der Waals surface area contributed by atoms with Gasteiger partial charge in [0.2, 0.25) is 5.91 Å². The third kappa shape index (κ3) is 3.82. The number of hydrogen-bond acceptors (Lipinski definition) is 4. The number of nitrogens with one attached hydrogen (secondary N) is 1. The third-order valence-electron chi connectivity index (χ3n) is 4.00. The topological polar surface area (TPSA) is 95.7 Å². The van der Waals surface area contributed by atoms with E-state index in [0.717, 1.165) is 19.4 Å². The maximum atomic E-state index is 12.5. The van der Waals surface area contributed by atoms with E-state index >= 15 is 0 Å². The zero-order valence-electron chi connectivity index (χ0n) is 11.7. The molecule has 0 aromatic rings. The number of piperazine rings is 1. The van der Waals surface area contributed by atoms with Crippen molar-refractivity contribution in [3.63, 3.8) is 0 Å². The largest absolute Gasteiger partial charge is 0.340 e. The lowest BCUT2D eigenvalue weighted by atomic mass is 9.81. The average Bonchev–Trinajstić information content (AvgIpc) is 2.38. The van der Waals surface area contributed by atoms with Gasteiger partial charge in [-0.2, -0.15) is 12.7 Å². The number of carbonyl (C=O) groups excluding carboxylic acids is 1. The van der Waals surface area contributed by atoms with Gasteiger partial charge in [-0.3, -0.25) is 4.79 Å². The van der Waals surface area contributed by atoms with Crippen molar-refractivity contribution in [1.29, 1.82) is 0 Å². The molecular weight excluding hydrogens is 304 g/mol. The van der Waals surface area contributed by atoms with Crippen LogP contribution in [0.3, 0.4) is 0 Å². The van der Waals surface area contributed by atoms with Crippen molar-refractivity contribution in [1.82, 2.24) is 14.5 Å². The predicted molar refractivity (Wildman–Crippen MR) is 78.7 cm³/mol. The van der Waals surface area contributed by atoms with Gasteiger partial charge in [-0.1, -0.05) is 0 Å². The number of halogens is 1. The molecule has 2 heterocycles. The van der Waals surface area contributed by atoms with Crippen LogP contribution >= 0.6 is 12.4 Å². The molecule has 1 unspecified atom stereocenters. The van der Waals surface area contributed by atoms with Gasteiger partial charge in [0.1, 0.15) is 0 Å². The summed E-state index contributed by atoms with van der Waals surface area (Å²) in [6, 6.07) is 0. The van der Waals surface area contributed by atoms with Crippen LogP contribution in [-0.4, -0.2) is 62.8 Å². The smallest absolute Gasteiger partial charge is 0.277 e. The van der Waals surface area contributed by atoms with Gasteiger partial charge in [-0.25, -0.2) is 5.14 Å². The number of amides is 1. The first-order valence-corrected chi connectivity index (χ1v) is 8.11. The van der Waals surface area contributed by atoms with Crippen molar-refractivity contribution in [3.05, 3.63) is 0 Å². The minimum Gasteiger partial charge on any atom is -0.340 e. The second kappa shape index (κ2) is 6.57. The number of piperidine rings is 1. The van der Waals surface area contributed by atoms with Gasteiger partial charge >= 0.3 is 0 Å². The number of nitrogens with two attached hydrogens (primary N) is 1. The highest BCUT2D eigenvalue weighted by Gasteiger charge is 2.39. The van der Waals surface area contributed by atoms with E-state index in [-0.39, 0.29) is 36.8 Å². The number of nitrogens with zero attached hydrogens (tertiary/aromatic N) is 2. The first-order chi connectivity index (χ1) is 8.83. The third-order valence-corrected chi connectivity index (χ3v) is 5.08. The van der Waals surface area contributed by atoms with Crippen LogP contribution in [-0.2, 0) is 15.0 Å². The molecule has 1 atom stereocenters. The zero-order chi connectivity index (χ0) is 14.1. The molecule has 20 heavy (non-hydrogen) atoms. The highest BCUT2D eigenvalue weighted by atomic mass is 35.5. The molecule has 2 aliphatic rings. The molecule has 0 saturated carbocycles. The summed E-state index contributed by atoms with van der Waals surface area (Å²) < 4.78 is 23.7. The molecule has 2 saturated heterocycles. The summed E-state index contributed by atoms with van der Waals surface area (Å²) >= 11 is 0. The first-order valence-electron chi connectivity index (χ1n) is 6.61. The fraction of sp³-hybridized carbons (Fsp3) is 0.909. The molecule has 0 bridgehead atoms. The average molecular weight is 327 g/mol. The number of carbonyl (C=O) groups is 1. The Hall–Kier alpha value is -0.410. The second-order valence-electron chi connectivity index (χ2n) is 5.58.